The third kappa shape index (κ3) is 3.93. The van der Waals surface area contributed by atoms with Crippen molar-refractivity contribution >= 4 is 11.9 Å². The number of anilines is 2. The summed E-state index contributed by atoms with van der Waals surface area (Å²) in [5, 5.41) is 0. The molecule has 1 fully saturated rings. The number of aromatic nitrogens is 3. The maximum absolute atomic E-state index is 5.74. The van der Waals surface area contributed by atoms with Crippen molar-refractivity contribution in [1.29, 1.82) is 0 Å². The third-order valence-corrected chi connectivity index (χ3v) is 3.26. The summed E-state index contributed by atoms with van der Waals surface area (Å²) in [7, 11) is 1.73. The molecule has 2 heterocycles. The Labute approximate surface area is 119 Å². The first kappa shape index (κ1) is 14.8. The second-order valence-electron chi connectivity index (χ2n) is 5.03. The fourth-order valence-electron chi connectivity index (χ4n) is 2.38. The van der Waals surface area contributed by atoms with Gasteiger partial charge in [0.25, 0.3) is 0 Å². The van der Waals surface area contributed by atoms with Gasteiger partial charge in [0, 0.05) is 20.2 Å². The SMILES string of the molecule is CCCOc1nc(N)nc(N2CCCC(COC)C2)n1. The fourth-order valence-corrected chi connectivity index (χ4v) is 2.38. The van der Waals surface area contributed by atoms with Gasteiger partial charge in [-0.2, -0.15) is 15.0 Å². The molecule has 1 saturated heterocycles. The Balaban J connectivity index is 2.08. The van der Waals surface area contributed by atoms with Crippen LogP contribution in [0.1, 0.15) is 26.2 Å². The van der Waals surface area contributed by atoms with Crippen molar-refractivity contribution in [3.8, 4) is 6.01 Å². The normalized spacial score (nSPS) is 19.1. The predicted molar refractivity (Wildman–Crippen MR) is 76.8 cm³/mol. The Morgan fingerprint density at radius 3 is 2.95 bits per heavy atom. The van der Waals surface area contributed by atoms with Crippen LogP contribution in [-0.4, -0.2) is 48.4 Å². The molecule has 2 rings (SSSR count). The maximum atomic E-state index is 5.74. The molecule has 0 amide bonds. The predicted octanol–water partition coefficient (Wildman–Crippen LogP) is 1.11. The molecular weight excluding hydrogens is 258 g/mol. The molecule has 2 N–H and O–H groups in total. The summed E-state index contributed by atoms with van der Waals surface area (Å²) in [6, 6.07) is 0.309. The van der Waals surface area contributed by atoms with Crippen molar-refractivity contribution in [3.63, 3.8) is 0 Å². The fraction of sp³-hybridized carbons (Fsp3) is 0.769. The zero-order valence-electron chi connectivity index (χ0n) is 12.2. The minimum atomic E-state index is 0.204. The van der Waals surface area contributed by atoms with Crippen molar-refractivity contribution in [2.24, 2.45) is 5.92 Å². The summed E-state index contributed by atoms with van der Waals surface area (Å²) >= 11 is 0. The van der Waals surface area contributed by atoms with E-state index in [-0.39, 0.29) is 5.95 Å². The Hall–Kier alpha value is -1.63. The molecule has 20 heavy (non-hydrogen) atoms. The molecule has 112 valence electrons. The lowest BCUT2D eigenvalue weighted by Crippen LogP contribution is -2.38. The number of hydrogen-bond acceptors (Lipinski definition) is 7. The van der Waals surface area contributed by atoms with Gasteiger partial charge < -0.3 is 20.1 Å². The molecule has 0 bridgehead atoms. The van der Waals surface area contributed by atoms with Gasteiger partial charge in [-0.15, -0.1) is 0 Å². The molecule has 1 unspecified atom stereocenters. The van der Waals surface area contributed by atoms with E-state index in [0.29, 0.717) is 24.5 Å². The van der Waals surface area contributed by atoms with Crippen LogP contribution in [0.3, 0.4) is 0 Å². The molecule has 1 atom stereocenters. The number of hydrogen-bond donors (Lipinski definition) is 1. The second-order valence-corrected chi connectivity index (χ2v) is 5.03. The summed E-state index contributed by atoms with van der Waals surface area (Å²) < 4.78 is 10.7. The smallest absolute Gasteiger partial charge is 0.323 e. The van der Waals surface area contributed by atoms with Gasteiger partial charge in [-0.3, -0.25) is 0 Å². The first-order valence-electron chi connectivity index (χ1n) is 7.11. The van der Waals surface area contributed by atoms with Gasteiger partial charge in [0.1, 0.15) is 0 Å². The minimum Gasteiger partial charge on any atom is -0.463 e. The van der Waals surface area contributed by atoms with Gasteiger partial charge in [-0.25, -0.2) is 0 Å². The molecule has 0 aromatic carbocycles. The van der Waals surface area contributed by atoms with Crippen LogP contribution in [0.15, 0.2) is 0 Å². The molecule has 1 aromatic heterocycles. The van der Waals surface area contributed by atoms with Crippen LogP contribution in [0, 0.1) is 5.92 Å². The Bertz CT molecular complexity index is 427. The molecule has 0 aliphatic carbocycles. The van der Waals surface area contributed by atoms with Crippen molar-refractivity contribution in [2.45, 2.75) is 26.2 Å². The average Bonchev–Trinajstić information content (AvgIpc) is 2.45. The topological polar surface area (TPSA) is 86.4 Å². The summed E-state index contributed by atoms with van der Waals surface area (Å²) in [6.07, 6.45) is 3.18. The molecule has 7 nitrogen and oxygen atoms in total. The molecule has 0 spiro atoms. The highest BCUT2D eigenvalue weighted by atomic mass is 16.5. The van der Waals surface area contributed by atoms with E-state index in [1.165, 1.54) is 6.42 Å². The van der Waals surface area contributed by atoms with Gasteiger partial charge in [-0.1, -0.05) is 6.92 Å². The monoisotopic (exact) mass is 281 g/mol. The van der Waals surface area contributed by atoms with E-state index < -0.39 is 0 Å². The zero-order chi connectivity index (χ0) is 14.4. The standard InChI is InChI=1S/C13H23N5O2/c1-3-7-20-13-16-11(14)15-12(17-13)18-6-4-5-10(8-18)9-19-2/h10H,3-9H2,1-2H3,(H2,14,15,16,17). The van der Waals surface area contributed by atoms with E-state index >= 15 is 0 Å². The molecular formula is C13H23N5O2. The first-order chi connectivity index (χ1) is 9.72. The van der Waals surface area contributed by atoms with E-state index in [4.69, 9.17) is 15.2 Å². The lowest BCUT2D eigenvalue weighted by Gasteiger charge is -2.32. The highest BCUT2D eigenvalue weighted by Gasteiger charge is 2.22. The van der Waals surface area contributed by atoms with Crippen LogP contribution < -0.4 is 15.4 Å². The van der Waals surface area contributed by atoms with Gasteiger partial charge in [0.15, 0.2) is 0 Å². The lowest BCUT2D eigenvalue weighted by molar-refractivity contribution is 0.143. The third-order valence-electron chi connectivity index (χ3n) is 3.26. The second kappa shape index (κ2) is 7.23. The van der Waals surface area contributed by atoms with Gasteiger partial charge in [-0.05, 0) is 25.2 Å². The molecule has 1 aliphatic rings. The number of nitrogens with two attached hydrogens (primary N) is 1. The van der Waals surface area contributed by atoms with E-state index in [0.717, 1.165) is 32.5 Å². The molecule has 1 aliphatic heterocycles. The van der Waals surface area contributed by atoms with Crippen molar-refractivity contribution in [3.05, 3.63) is 0 Å². The Kier molecular flexibility index (Phi) is 5.34. The summed E-state index contributed by atoms with van der Waals surface area (Å²) in [5.41, 5.74) is 5.74. The molecule has 7 heteroatoms. The number of methoxy groups -OCH3 is 1. The van der Waals surface area contributed by atoms with Crippen LogP contribution in [-0.2, 0) is 4.74 Å². The van der Waals surface area contributed by atoms with Gasteiger partial charge in [0.05, 0.1) is 13.2 Å². The number of nitrogen functional groups attached to an aromatic ring is 1. The van der Waals surface area contributed by atoms with E-state index in [2.05, 4.69) is 19.9 Å². The van der Waals surface area contributed by atoms with Crippen molar-refractivity contribution < 1.29 is 9.47 Å². The largest absolute Gasteiger partial charge is 0.463 e. The van der Waals surface area contributed by atoms with Crippen LogP contribution >= 0.6 is 0 Å². The number of nitrogens with zero attached hydrogens (tertiary/aromatic N) is 4. The van der Waals surface area contributed by atoms with Crippen molar-refractivity contribution in [1.82, 2.24) is 15.0 Å². The number of piperidine rings is 1. The van der Waals surface area contributed by atoms with Crippen LogP contribution in [0.5, 0.6) is 6.01 Å². The Morgan fingerprint density at radius 2 is 2.20 bits per heavy atom. The van der Waals surface area contributed by atoms with E-state index in [1.807, 2.05) is 6.92 Å². The number of rotatable bonds is 6. The van der Waals surface area contributed by atoms with Gasteiger partial charge in [0.2, 0.25) is 11.9 Å². The molecule has 0 saturated carbocycles. The highest BCUT2D eigenvalue weighted by molar-refractivity contribution is 5.36. The van der Waals surface area contributed by atoms with Crippen molar-refractivity contribution in [2.75, 3.05) is 44.0 Å². The van der Waals surface area contributed by atoms with E-state index in [1.54, 1.807) is 7.11 Å². The quantitative estimate of drug-likeness (QED) is 0.835. The number of ether oxygens (including phenoxy) is 2. The van der Waals surface area contributed by atoms with Gasteiger partial charge >= 0.3 is 6.01 Å². The summed E-state index contributed by atoms with van der Waals surface area (Å²) in [6.45, 7) is 5.18. The van der Waals surface area contributed by atoms with Crippen LogP contribution in [0.4, 0.5) is 11.9 Å². The lowest BCUT2D eigenvalue weighted by atomic mass is 9.99. The first-order valence-corrected chi connectivity index (χ1v) is 7.11. The minimum absolute atomic E-state index is 0.204. The summed E-state index contributed by atoms with van der Waals surface area (Å²) in [5.74, 6) is 1.31. The average molecular weight is 281 g/mol. The van der Waals surface area contributed by atoms with E-state index in [9.17, 15) is 0 Å². The molecule has 0 radical (unpaired) electrons. The highest BCUT2D eigenvalue weighted by Crippen LogP contribution is 2.22. The van der Waals surface area contributed by atoms with Crippen LogP contribution in [0.25, 0.3) is 0 Å². The maximum Gasteiger partial charge on any atom is 0.323 e. The van der Waals surface area contributed by atoms with Crippen LogP contribution in [0.2, 0.25) is 0 Å². The Morgan fingerprint density at radius 1 is 1.35 bits per heavy atom. The summed E-state index contributed by atoms with van der Waals surface area (Å²) in [4.78, 5) is 14.7. The zero-order valence-corrected chi connectivity index (χ0v) is 12.2. The molecule has 1 aromatic rings.